The van der Waals surface area contributed by atoms with E-state index in [1.165, 1.54) is 0 Å². The van der Waals surface area contributed by atoms with E-state index < -0.39 is 0 Å². The first-order valence-corrected chi connectivity index (χ1v) is 8.64. The molecule has 0 spiro atoms. The number of rotatable bonds is 4. The van der Waals surface area contributed by atoms with Crippen molar-refractivity contribution in [3.8, 4) is 0 Å². The van der Waals surface area contributed by atoms with Crippen LogP contribution in [0.4, 0.5) is 0 Å². The molecule has 0 aliphatic carbocycles. The molecule has 6 heteroatoms. The zero-order valence-electron chi connectivity index (χ0n) is 12.9. The van der Waals surface area contributed by atoms with Gasteiger partial charge in [-0.3, -0.25) is 0 Å². The number of carbonyl (C=O) groups is 1. The topological polar surface area (TPSA) is 31.2 Å². The van der Waals surface area contributed by atoms with Gasteiger partial charge in [0.25, 0.3) is 0 Å². The van der Waals surface area contributed by atoms with E-state index in [0.717, 1.165) is 21.4 Å². The fourth-order valence-corrected chi connectivity index (χ4v) is 3.22. The number of halogens is 2. The molecule has 0 unspecified atom stereocenters. The van der Waals surface area contributed by atoms with Gasteiger partial charge in [0.1, 0.15) is 5.69 Å². The molecular formula is C18H15Cl2NO2S. The first-order chi connectivity index (χ1) is 11.5. The van der Waals surface area contributed by atoms with E-state index in [9.17, 15) is 4.79 Å². The highest BCUT2D eigenvalue weighted by Crippen LogP contribution is 2.29. The van der Waals surface area contributed by atoms with Gasteiger partial charge < -0.3 is 9.30 Å². The summed E-state index contributed by atoms with van der Waals surface area (Å²) < 4.78 is 7.10. The SMILES string of the molecule is CCOC(=O)c1cc2c(S)cccc2n1Cc1ccc(Cl)c(Cl)c1. The van der Waals surface area contributed by atoms with Crippen LogP contribution in [-0.4, -0.2) is 17.1 Å². The lowest BCUT2D eigenvalue weighted by molar-refractivity contribution is 0.0515. The van der Waals surface area contributed by atoms with Crippen molar-refractivity contribution >= 4 is 52.7 Å². The van der Waals surface area contributed by atoms with E-state index in [0.29, 0.717) is 28.9 Å². The molecule has 2 aromatic carbocycles. The normalized spacial score (nSPS) is 11.0. The Morgan fingerprint density at radius 2 is 1.96 bits per heavy atom. The van der Waals surface area contributed by atoms with Crippen molar-refractivity contribution in [3.05, 3.63) is 63.8 Å². The number of aromatic nitrogens is 1. The maximum atomic E-state index is 12.3. The Morgan fingerprint density at radius 1 is 1.17 bits per heavy atom. The van der Waals surface area contributed by atoms with Crippen LogP contribution in [0.25, 0.3) is 10.9 Å². The zero-order chi connectivity index (χ0) is 17.3. The first kappa shape index (κ1) is 17.2. The number of nitrogens with zero attached hydrogens (tertiary/aromatic N) is 1. The molecule has 3 rings (SSSR count). The minimum atomic E-state index is -0.360. The average Bonchev–Trinajstić information content (AvgIpc) is 2.91. The molecule has 0 N–H and O–H groups in total. The van der Waals surface area contributed by atoms with Crippen LogP contribution < -0.4 is 0 Å². The van der Waals surface area contributed by atoms with Gasteiger partial charge in [-0.05, 0) is 42.8 Å². The quantitative estimate of drug-likeness (QED) is 0.481. The van der Waals surface area contributed by atoms with E-state index in [-0.39, 0.29) is 5.97 Å². The molecule has 1 aromatic heterocycles. The molecule has 3 nitrogen and oxygen atoms in total. The Kier molecular flexibility index (Phi) is 5.09. The Labute approximate surface area is 155 Å². The Hall–Kier alpha value is -1.62. The van der Waals surface area contributed by atoms with Crippen LogP contribution in [0.1, 0.15) is 23.0 Å². The van der Waals surface area contributed by atoms with Gasteiger partial charge in [0.05, 0.1) is 22.2 Å². The third-order valence-corrected chi connectivity index (χ3v) is 4.86. The smallest absolute Gasteiger partial charge is 0.354 e. The monoisotopic (exact) mass is 379 g/mol. The molecule has 24 heavy (non-hydrogen) atoms. The summed E-state index contributed by atoms with van der Waals surface area (Å²) in [5.74, 6) is -0.360. The van der Waals surface area contributed by atoms with Crippen molar-refractivity contribution in [1.29, 1.82) is 0 Å². The number of hydrogen-bond donors (Lipinski definition) is 1. The maximum Gasteiger partial charge on any atom is 0.354 e. The van der Waals surface area contributed by atoms with Crippen LogP contribution in [0.5, 0.6) is 0 Å². The zero-order valence-corrected chi connectivity index (χ0v) is 15.3. The molecule has 0 saturated heterocycles. The van der Waals surface area contributed by atoms with Crippen molar-refractivity contribution in [2.24, 2.45) is 0 Å². The summed E-state index contributed by atoms with van der Waals surface area (Å²) in [5.41, 5.74) is 2.34. The minimum absolute atomic E-state index is 0.320. The summed E-state index contributed by atoms with van der Waals surface area (Å²) in [6.45, 7) is 2.58. The summed E-state index contributed by atoms with van der Waals surface area (Å²) >= 11 is 16.6. The number of hydrogen-bond acceptors (Lipinski definition) is 3. The van der Waals surface area contributed by atoms with Crippen molar-refractivity contribution < 1.29 is 9.53 Å². The Balaban J connectivity index is 2.13. The van der Waals surface area contributed by atoms with Crippen molar-refractivity contribution in [2.75, 3.05) is 6.61 Å². The van der Waals surface area contributed by atoms with Crippen LogP contribution in [0.3, 0.4) is 0 Å². The number of carbonyl (C=O) groups excluding carboxylic acids is 1. The molecule has 0 atom stereocenters. The predicted molar refractivity (Wildman–Crippen MR) is 101 cm³/mol. The summed E-state index contributed by atoms with van der Waals surface area (Å²) in [5, 5.41) is 1.89. The second kappa shape index (κ2) is 7.09. The lowest BCUT2D eigenvalue weighted by Crippen LogP contribution is -2.12. The highest BCUT2D eigenvalue weighted by molar-refractivity contribution is 7.80. The van der Waals surface area contributed by atoms with Gasteiger partial charge in [-0.15, -0.1) is 12.6 Å². The molecule has 0 radical (unpaired) electrons. The van der Waals surface area contributed by atoms with Crippen molar-refractivity contribution in [3.63, 3.8) is 0 Å². The van der Waals surface area contributed by atoms with E-state index in [2.05, 4.69) is 12.6 Å². The van der Waals surface area contributed by atoms with Crippen LogP contribution >= 0.6 is 35.8 Å². The van der Waals surface area contributed by atoms with Crippen LogP contribution in [0, 0.1) is 0 Å². The molecular weight excluding hydrogens is 365 g/mol. The number of fused-ring (bicyclic) bond motifs is 1. The van der Waals surface area contributed by atoms with Crippen LogP contribution in [-0.2, 0) is 11.3 Å². The van der Waals surface area contributed by atoms with Gasteiger partial charge in [0.15, 0.2) is 0 Å². The Bertz CT molecular complexity index is 921. The van der Waals surface area contributed by atoms with Crippen molar-refractivity contribution in [1.82, 2.24) is 4.57 Å². The second-order valence-electron chi connectivity index (χ2n) is 5.29. The highest BCUT2D eigenvalue weighted by atomic mass is 35.5. The predicted octanol–water partition coefficient (Wildman–Crippen LogP) is 5.46. The molecule has 124 valence electrons. The fraction of sp³-hybridized carbons (Fsp3) is 0.167. The van der Waals surface area contributed by atoms with Gasteiger partial charge in [-0.25, -0.2) is 4.79 Å². The molecule has 0 amide bonds. The fourth-order valence-electron chi connectivity index (χ4n) is 2.63. The van der Waals surface area contributed by atoms with E-state index in [4.69, 9.17) is 27.9 Å². The summed E-state index contributed by atoms with van der Waals surface area (Å²) in [7, 11) is 0. The molecule has 3 aromatic rings. The average molecular weight is 380 g/mol. The Morgan fingerprint density at radius 3 is 2.67 bits per heavy atom. The third kappa shape index (κ3) is 3.27. The van der Waals surface area contributed by atoms with Gasteiger partial charge >= 0.3 is 5.97 Å². The molecule has 0 aliphatic heterocycles. The third-order valence-electron chi connectivity index (χ3n) is 3.73. The van der Waals surface area contributed by atoms with Gasteiger partial charge in [-0.1, -0.05) is 35.3 Å². The van der Waals surface area contributed by atoms with Crippen molar-refractivity contribution in [2.45, 2.75) is 18.4 Å². The van der Waals surface area contributed by atoms with Crippen LogP contribution in [0.2, 0.25) is 10.0 Å². The standard InChI is InChI=1S/C18H15Cl2NO2S/c1-2-23-18(22)16-9-12-15(4-3-5-17(12)24)21(16)10-11-6-7-13(19)14(20)8-11/h3-9,24H,2,10H2,1H3. The van der Waals surface area contributed by atoms with E-state index >= 15 is 0 Å². The second-order valence-corrected chi connectivity index (χ2v) is 6.59. The summed E-state index contributed by atoms with van der Waals surface area (Å²) in [6, 6.07) is 13.0. The van der Waals surface area contributed by atoms with Crippen LogP contribution in [0.15, 0.2) is 47.4 Å². The number of thiol groups is 1. The molecule has 0 saturated carbocycles. The molecule has 0 bridgehead atoms. The minimum Gasteiger partial charge on any atom is -0.461 e. The summed E-state index contributed by atoms with van der Waals surface area (Å²) in [6.07, 6.45) is 0. The molecule has 0 fully saturated rings. The molecule has 0 aliphatic rings. The largest absolute Gasteiger partial charge is 0.461 e. The van der Waals surface area contributed by atoms with Gasteiger partial charge in [0.2, 0.25) is 0 Å². The lowest BCUT2D eigenvalue weighted by Gasteiger charge is -2.11. The number of ether oxygens (including phenoxy) is 1. The highest BCUT2D eigenvalue weighted by Gasteiger charge is 2.18. The van der Waals surface area contributed by atoms with E-state index in [1.807, 2.05) is 34.9 Å². The molecule has 1 heterocycles. The maximum absolute atomic E-state index is 12.3. The lowest BCUT2D eigenvalue weighted by atomic mass is 10.2. The number of esters is 1. The first-order valence-electron chi connectivity index (χ1n) is 7.43. The number of benzene rings is 2. The van der Waals surface area contributed by atoms with Gasteiger partial charge in [0, 0.05) is 16.8 Å². The summed E-state index contributed by atoms with van der Waals surface area (Å²) in [4.78, 5) is 13.2. The van der Waals surface area contributed by atoms with Gasteiger partial charge in [-0.2, -0.15) is 0 Å². The van der Waals surface area contributed by atoms with E-state index in [1.54, 1.807) is 19.1 Å².